The molecule has 2 N–H and O–H groups in total. The van der Waals surface area contributed by atoms with Gasteiger partial charge in [0.2, 0.25) is 5.95 Å². The predicted molar refractivity (Wildman–Crippen MR) is 124 cm³/mol. The number of pyridine rings is 1. The van der Waals surface area contributed by atoms with Gasteiger partial charge in [0.25, 0.3) is 5.91 Å². The van der Waals surface area contributed by atoms with Gasteiger partial charge in [0.1, 0.15) is 11.2 Å². The van der Waals surface area contributed by atoms with Gasteiger partial charge >= 0.3 is 5.69 Å². The molecule has 0 atom stereocenters. The van der Waals surface area contributed by atoms with E-state index in [1.807, 2.05) is 6.92 Å². The first-order valence-electron chi connectivity index (χ1n) is 11.0. The lowest BCUT2D eigenvalue weighted by atomic mass is 10.1. The molecule has 0 aliphatic carbocycles. The van der Waals surface area contributed by atoms with Crippen LogP contribution >= 0.6 is 0 Å². The highest BCUT2D eigenvalue weighted by atomic mass is 16.7. The number of carbonyl (C=O) groups excluding carboxylic acids is 1. The zero-order valence-corrected chi connectivity index (χ0v) is 19.7. The monoisotopic (exact) mass is 471 g/mol. The molecule has 4 rings (SSSR count). The van der Waals surface area contributed by atoms with Gasteiger partial charge in [-0.3, -0.25) is 13.9 Å². The van der Waals surface area contributed by atoms with Crippen LogP contribution in [0.5, 0.6) is 0 Å². The van der Waals surface area contributed by atoms with Crippen LogP contribution in [0.1, 0.15) is 34.9 Å². The number of rotatable bonds is 8. The van der Waals surface area contributed by atoms with E-state index in [0.29, 0.717) is 36.0 Å². The van der Waals surface area contributed by atoms with E-state index in [2.05, 4.69) is 25.6 Å². The highest BCUT2D eigenvalue weighted by molar-refractivity contribution is 5.92. The second-order valence-corrected chi connectivity index (χ2v) is 8.08. The minimum Gasteiger partial charge on any atom is -0.381 e. The molecular formula is C22H29N7O5. The number of hydrogen-bond donors (Lipinski definition) is 2. The number of fused-ring (bicyclic) bond motifs is 1. The van der Waals surface area contributed by atoms with Gasteiger partial charge in [-0.25, -0.2) is 14.8 Å². The molecule has 0 unspecified atom stereocenters. The maximum absolute atomic E-state index is 12.9. The van der Waals surface area contributed by atoms with E-state index >= 15 is 0 Å². The van der Waals surface area contributed by atoms with Gasteiger partial charge in [-0.2, -0.15) is 4.98 Å². The molecular weight excluding hydrogens is 442 g/mol. The van der Waals surface area contributed by atoms with E-state index in [1.165, 1.54) is 14.2 Å². The number of methoxy groups -OCH3 is 2. The fourth-order valence-electron chi connectivity index (χ4n) is 3.93. The predicted octanol–water partition coefficient (Wildman–Crippen LogP) is 1.28. The summed E-state index contributed by atoms with van der Waals surface area (Å²) in [6, 6.07) is 1.70. The first kappa shape index (κ1) is 23.8. The molecule has 4 heterocycles. The first-order chi connectivity index (χ1) is 16.4. The van der Waals surface area contributed by atoms with E-state index in [0.717, 1.165) is 18.4 Å². The summed E-state index contributed by atoms with van der Waals surface area (Å²) < 4.78 is 18.9. The van der Waals surface area contributed by atoms with Crippen molar-refractivity contribution in [3.63, 3.8) is 0 Å². The second kappa shape index (κ2) is 10.3. The average Bonchev–Trinajstić information content (AvgIpc) is 3.10. The van der Waals surface area contributed by atoms with Gasteiger partial charge in [-0.15, -0.1) is 0 Å². The van der Waals surface area contributed by atoms with Crippen molar-refractivity contribution in [2.24, 2.45) is 7.05 Å². The maximum Gasteiger partial charge on any atom is 0.330 e. The lowest BCUT2D eigenvalue weighted by Crippen LogP contribution is -2.34. The zero-order chi connectivity index (χ0) is 24.2. The molecule has 0 spiro atoms. The van der Waals surface area contributed by atoms with Crippen molar-refractivity contribution in [1.82, 2.24) is 29.4 Å². The topological polar surface area (TPSA) is 134 Å². The number of anilines is 2. The van der Waals surface area contributed by atoms with Crippen LogP contribution in [0, 0.1) is 6.92 Å². The molecule has 1 fully saturated rings. The van der Waals surface area contributed by atoms with Gasteiger partial charge in [-0.1, -0.05) is 0 Å². The number of amides is 1. The van der Waals surface area contributed by atoms with E-state index in [-0.39, 0.29) is 29.9 Å². The average molecular weight is 472 g/mol. The fraction of sp³-hybridized carbons (Fsp3) is 0.500. The number of carbonyl (C=O) groups is 1. The molecule has 182 valence electrons. The van der Waals surface area contributed by atoms with Crippen LogP contribution < -0.4 is 16.3 Å². The Hall–Kier alpha value is -3.35. The Kier molecular flexibility index (Phi) is 7.20. The number of nitrogens with zero attached hydrogens (tertiary/aromatic N) is 5. The Morgan fingerprint density at radius 3 is 2.65 bits per heavy atom. The van der Waals surface area contributed by atoms with Crippen molar-refractivity contribution in [2.45, 2.75) is 32.1 Å². The summed E-state index contributed by atoms with van der Waals surface area (Å²) >= 11 is 0. The highest BCUT2D eigenvalue weighted by Gasteiger charge is 2.23. The molecule has 1 amide bonds. The molecule has 0 aromatic carbocycles. The zero-order valence-electron chi connectivity index (χ0n) is 19.7. The van der Waals surface area contributed by atoms with E-state index in [1.54, 1.807) is 34.6 Å². The van der Waals surface area contributed by atoms with Gasteiger partial charge in [-0.05, 0) is 31.4 Å². The Morgan fingerprint density at radius 2 is 1.97 bits per heavy atom. The van der Waals surface area contributed by atoms with Crippen LogP contribution in [0.2, 0.25) is 0 Å². The number of aryl methyl sites for hydroxylation is 2. The highest BCUT2D eigenvalue weighted by Crippen LogP contribution is 2.25. The van der Waals surface area contributed by atoms with Crippen LogP contribution in [-0.2, 0) is 21.3 Å². The Labute approximate surface area is 196 Å². The standard InChI is InChI=1S/C22H29N7O5/c1-13-9-15(20(30)24-12-18(32-3)33-4)23-10-16(13)26-21-25-11-17-19(27-21)29(22(31)28(17)2)14-5-7-34-8-6-14/h9-11,14,18H,5-8,12H2,1-4H3,(H,24,30)(H,25,26,27). The second-order valence-electron chi connectivity index (χ2n) is 8.08. The van der Waals surface area contributed by atoms with E-state index < -0.39 is 6.29 Å². The Morgan fingerprint density at radius 1 is 1.24 bits per heavy atom. The van der Waals surface area contributed by atoms with Crippen molar-refractivity contribution < 1.29 is 19.0 Å². The van der Waals surface area contributed by atoms with Crippen LogP contribution in [-0.4, -0.2) is 70.3 Å². The van der Waals surface area contributed by atoms with Crippen molar-refractivity contribution >= 4 is 28.7 Å². The van der Waals surface area contributed by atoms with Crippen molar-refractivity contribution in [1.29, 1.82) is 0 Å². The molecule has 0 saturated carbocycles. The summed E-state index contributed by atoms with van der Waals surface area (Å²) in [6.45, 7) is 3.29. The molecule has 1 aliphatic rings. The molecule has 3 aromatic heterocycles. The van der Waals surface area contributed by atoms with E-state index in [9.17, 15) is 9.59 Å². The third kappa shape index (κ3) is 4.79. The summed E-state index contributed by atoms with van der Waals surface area (Å²) in [5.74, 6) is 0.000209. The van der Waals surface area contributed by atoms with E-state index in [4.69, 9.17) is 14.2 Å². The summed E-state index contributed by atoms with van der Waals surface area (Å²) in [5.41, 5.74) is 2.82. The van der Waals surface area contributed by atoms with Crippen LogP contribution in [0.3, 0.4) is 0 Å². The van der Waals surface area contributed by atoms with Crippen LogP contribution in [0.15, 0.2) is 23.3 Å². The van der Waals surface area contributed by atoms with Gasteiger partial charge < -0.3 is 24.8 Å². The summed E-state index contributed by atoms with van der Waals surface area (Å²) in [5, 5.41) is 5.87. The molecule has 0 bridgehead atoms. The first-order valence-corrected chi connectivity index (χ1v) is 11.0. The molecule has 12 heteroatoms. The van der Waals surface area contributed by atoms with Crippen LogP contribution in [0.25, 0.3) is 11.2 Å². The normalized spacial score (nSPS) is 14.6. The minimum absolute atomic E-state index is 0.0321. The molecule has 3 aromatic rings. The lowest BCUT2D eigenvalue weighted by molar-refractivity contribution is -0.0974. The largest absolute Gasteiger partial charge is 0.381 e. The fourth-order valence-corrected chi connectivity index (χ4v) is 3.93. The lowest BCUT2D eigenvalue weighted by Gasteiger charge is -2.22. The third-order valence-corrected chi connectivity index (χ3v) is 5.93. The molecule has 12 nitrogen and oxygen atoms in total. The van der Waals surface area contributed by atoms with Gasteiger partial charge in [0, 0.05) is 40.5 Å². The SMILES string of the molecule is COC(CNC(=O)c1cc(C)c(Nc2ncc3c(n2)n(C2CCOCC2)c(=O)n3C)cn1)OC. The number of nitrogens with one attached hydrogen (secondary N) is 2. The third-order valence-electron chi connectivity index (χ3n) is 5.93. The summed E-state index contributed by atoms with van der Waals surface area (Å²) in [7, 11) is 4.72. The van der Waals surface area contributed by atoms with Crippen molar-refractivity contribution in [3.05, 3.63) is 40.2 Å². The molecule has 1 saturated heterocycles. The summed E-state index contributed by atoms with van der Waals surface area (Å²) in [4.78, 5) is 38.5. The number of ether oxygens (including phenoxy) is 3. The summed E-state index contributed by atoms with van der Waals surface area (Å²) in [6.07, 6.45) is 4.17. The molecule has 0 radical (unpaired) electrons. The van der Waals surface area contributed by atoms with Crippen molar-refractivity contribution in [3.8, 4) is 0 Å². The number of aromatic nitrogens is 5. The van der Waals surface area contributed by atoms with Gasteiger partial charge in [0.15, 0.2) is 11.9 Å². The number of hydrogen-bond acceptors (Lipinski definition) is 9. The quantitative estimate of drug-likeness (QED) is 0.466. The molecule has 1 aliphatic heterocycles. The van der Waals surface area contributed by atoms with Crippen LogP contribution in [0.4, 0.5) is 11.6 Å². The smallest absolute Gasteiger partial charge is 0.330 e. The maximum atomic E-state index is 12.9. The Bertz CT molecular complexity index is 1230. The minimum atomic E-state index is -0.533. The van der Waals surface area contributed by atoms with Crippen molar-refractivity contribution in [2.75, 3.05) is 39.3 Å². The Balaban J connectivity index is 1.55. The van der Waals surface area contributed by atoms with Gasteiger partial charge in [0.05, 0.1) is 24.6 Å². The number of imidazole rings is 1. The molecule has 34 heavy (non-hydrogen) atoms.